The zero-order valence-electron chi connectivity index (χ0n) is 10.4. The summed E-state index contributed by atoms with van der Waals surface area (Å²) in [6, 6.07) is 0. The molecule has 2 nitrogen and oxygen atoms in total. The van der Waals surface area contributed by atoms with Crippen LogP contribution < -0.4 is 5.73 Å². The molecule has 2 unspecified atom stereocenters. The first-order valence-electron chi connectivity index (χ1n) is 6.51. The molecule has 0 saturated heterocycles. The van der Waals surface area contributed by atoms with Gasteiger partial charge in [-0.1, -0.05) is 20.3 Å². The molecule has 0 aromatic heterocycles. The Labute approximate surface area is 94.6 Å². The van der Waals surface area contributed by atoms with Crippen LogP contribution in [0.1, 0.15) is 46.0 Å². The molecule has 1 aliphatic rings. The highest BCUT2D eigenvalue weighted by Gasteiger charge is 2.25. The van der Waals surface area contributed by atoms with E-state index in [1.165, 1.54) is 32.1 Å². The summed E-state index contributed by atoms with van der Waals surface area (Å²) in [5, 5.41) is 0. The van der Waals surface area contributed by atoms with E-state index in [9.17, 15) is 0 Å². The van der Waals surface area contributed by atoms with Crippen molar-refractivity contribution in [2.75, 3.05) is 19.8 Å². The average molecular weight is 213 g/mol. The second-order valence-electron chi connectivity index (χ2n) is 5.30. The predicted octanol–water partition coefficient (Wildman–Crippen LogP) is 2.81. The van der Waals surface area contributed by atoms with Crippen molar-refractivity contribution in [1.29, 1.82) is 0 Å². The highest BCUT2D eigenvalue weighted by atomic mass is 16.5. The largest absolute Gasteiger partial charge is 0.381 e. The minimum absolute atomic E-state index is 0.732. The SMILES string of the molecule is CC(C)CCCOCC1CCCC1CN. The van der Waals surface area contributed by atoms with Crippen LogP contribution in [0.25, 0.3) is 0 Å². The van der Waals surface area contributed by atoms with Crippen LogP contribution >= 0.6 is 0 Å². The lowest BCUT2D eigenvalue weighted by atomic mass is 9.97. The first-order chi connectivity index (χ1) is 7.24. The normalized spacial score (nSPS) is 26.4. The van der Waals surface area contributed by atoms with Crippen molar-refractivity contribution in [3.05, 3.63) is 0 Å². The van der Waals surface area contributed by atoms with Crippen molar-refractivity contribution < 1.29 is 4.74 Å². The average Bonchev–Trinajstić information content (AvgIpc) is 2.64. The number of nitrogens with two attached hydrogens (primary N) is 1. The molecule has 1 fully saturated rings. The Morgan fingerprint density at radius 2 is 2.00 bits per heavy atom. The van der Waals surface area contributed by atoms with Crippen molar-refractivity contribution in [2.45, 2.75) is 46.0 Å². The third kappa shape index (κ3) is 4.98. The van der Waals surface area contributed by atoms with Crippen LogP contribution in [0.15, 0.2) is 0 Å². The topological polar surface area (TPSA) is 35.2 Å². The van der Waals surface area contributed by atoms with Gasteiger partial charge in [-0.25, -0.2) is 0 Å². The minimum Gasteiger partial charge on any atom is -0.381 e. The van der Waals surface area contributed by atoms with Crippen molar-refractivity contribution >= 4 is 0 Å². The highest BCUT2D eigenvalue weighted by Crippen LogP contribution is 2.30. The van der Waals surface area contributed by atoms with Crippen LogP contribution in [0.4, 0.5) is 0 Å². The summed E-state index contributed by atoms with van der Waals surface area (Å²) in [6.07, 6.45) is 6.48. The second-order valence-corrected chi connectivity index (χ2v) is 5.30. The first kappa shape index (κ1) is 13.0. The van der Waals surface area contributed by atoms with Crippen LogP contribution in [0.3, 0.4) is 0 Å². The lowest BCUT2D eigenvalue weighted by molar-refractivity contribution is 0.0827. The summed E-state index contributed by atoms with van der Waals surface area (Å²) in [5.41, 5.74) is 5.74. The van der Waals surface area contributed by atoms with Gasteiger partial charge in [0.1, 0.15) is 0 Å². The maximum Gasteiger partial charge on any atom is 0.0497 e. The fraction of sp³-hybridized carbons (Fsp3) is 1.00. The van der Waals surface area contributed by atoms with Crippen molar-refractivity contribution in [2.24, 2.45) is 23.5 Å². The zero-order chi connectivity index (χ0) is 11.1. The van der Waals surface area contributed by atoms with E-state index in [4.69, 9.17) is 10.5 Å². The highest BCUT2D eigenvalue weighted by molar-refractivity contribution is 4.77. The molecule has 2 atom stereocenters. The summed E-state index contributed by atoms with van der Waals surface area (Å²) >= 11 is 0. The minimum atomic E-state index is 0.732. The van der Waals surface area contributed by atoms with Crippen LogP contribution in [0.5, 0.6) is 0 Å². The molecule has 0 aliphatic heterocycles. The molecule has 0 bridgehead atoms. The van der Waals surface area contributed by atoms with Gasteiger partial charge in [-0.3, -0.25) is 0 Å². The van der Waals surface area contributed by atoms with E-state index < -0.39 is 0 Å². The molecule has 0 aromatic carbocycles. The quantitative estimate of drug-likeness (QED) is 0.660. The molecule has 1 aliphatic carbocycles. The van der Waals surface area contributed by atoms with Gasteiger partial charge in [-0.15, -0.1) is 0 Å². The van der Waals surface area contributed by atoms with Gasteiger partial charge in [0.25, 0.3) is 0 Å². The molecule has 0 amide bonds. The summed E-state index contributed by atoms with van der Waals surface area (Å²) in [4.78, 5) is 0. The van der Waals surface area contributed by atoms with Gasteiger partial charge in [-0.2, -0.15) is 0 Å². The lowest BCUT2D eigenvalue weighted by Gasteiger charge is -2.17. The zero-order valence-corrected chi connectivity index (χ0v) is 10.4. The number of rotatable bonds is 7. The third-order valence-corrected chi connectivity index (χ3v) is 3.52. The molecule has 0 heterocycles. The van der Waals surface area contributed by atoms with Gasteiger partial charge >= 0.3 is 0 Å². The maximum absolute atomic E-state index is 5.74. The fourth-order valence-electron chi connectivity index (χ4n) is 2.47. The molecule has 0 radical (unpaired) electrons. The lowest BCUT2D eigenvalue weighted by Crippen LogP contribution is -2.22. The third-order valence-electron chi connectivity index (χ3n) is 3.52. The molecule has 1 rings (SSSR count). The van der Waals surface area contributed by atoms with Gasteiger partial charge < -0.3 is 10.5 Å². The smallest absolute Gasteiger partial charge is 0.0497 e. The Morgan fingerprint density at radius 1 is 1.27 bits per heavy atom. The van der Waals surface area contributed by atoms with E-state index in [1.54, 1.807) is 0 Å². The Balaban J connectivity index is 1.99. The van der Waals surface area contributed by atoms with Crippen LogP contribution in [-0.2, 0) is 4.74 Å². The molecule has 2 N–H and O–H groups in total. The summed E-state index contributed by atoms with van der Waals surface area (Å²) < 4.78 is 5.74. The fourth-order valence-corrected chi connectivity index (χ4v) is 2.47. The van der Waals surface area contributed by atoms with Gasteiger partial charge in [-0.05, 0) is 50.0 Å². The molecule has 90 valence electrons. The number of hydrogen-bond acceptors (Lipinski definition) is 2. The summed E-state index contributed by atoms with van der Waals surface area (Å²) in [6.45, 7) is 7.26. The molecular formula is C13H27NO. The first-order valence-corrected chi connectivity index (χ1v) is 6.51. The monoisotopic (exact) mass is 213 g/mol. The Bertz CT molecular complexity index is 159. The predicted molar refractivity (Wildman–Crippen MR) is 64.8 cm³/mol. The number of hydrogen-bond donors (Lipinski definition) is 1. The number of ether oxygens (including phenoxy) is 1. The molecule has 1 saturated carbocycles. The van der Waals surface area contributed by atoms with Gasteiger partial charge in [0.15, 0.2) is 0 Å². The van der Waals surface area contributed by atoms with E-state index in [-0.39, 0.29) is 0 Å². The van der Waals surface area contributed by atoms with E-state index in [2.05, 4.69) is 13.8 Å². The Hall–Kier alpha value is -0.0800. The van der Waals surface area contributed by atoms with Gasteiger partial charge in [0.05, 0.1) is 0 Å². The molecular weight excluding hydrogens is 186 g/mol. The van der Waals surface area contributed by atoms with Crippen molar-refractivity contribution in [3.63, 3.8) is 0 Å². The van der Waals surface area contributed by atoms with Crippen LogP contribution in [-0.4, -0.2) is 19.8 Å². The molecule has 0 spiro atoms. The summed E-state index contributed by atoms with van der Waals surface area (Å²) in [5.74, 6) is 2.28. The van der Waals surface area contributed by atoms with Gasteiger partial charge in [0.2, 0.25) is 0 Å². The van der Waals surface area contributed by atoms with Crippen LogP contribution in [0.2, 0.25) is 0 Å². The molecule has 15 heavy (non-hydrogen) atoms. The summed E-state index contributed by atoms with van der Waals surface area (Å²) in [7, 11) is 0. The van der Waals surface area contributed by atoms with E-state index in [1.807, 2.05) is 0 Å². The Kier molecular flexibility index (Phi) is 6.26. The van der Waals surface area contributed by atoms with E-state index >= 15 is 0 Å². The molecule has 2 heteroatoms. The maximum atomic E-state index is 5.74. The van der Waals surface area contributed by atoms with Crippen molar-refractivity contribution in [1.82, 2.24) is 0 Å². The van der Waals surface area contributed by atoms with Gasteiger partial charge in [0, 0.05) is 13.2 Å². The second kappa shape index (κ2) is 7.24. The Morgan fingerprint density at radius 3 is 2.67 bits per heavy atom. The van der Waals surface area contributed by atoms with E-state index in [0.29, 0.717) is 0 Å². The van der Waals surface area contributed by atoms with Crippen LogP contribution in [0, 0.1) is 17.8 Å². The van der Waals surface area contributed by atoms with E-state index in [0.717, 1.165) is 37.5 Å². The van der Waals surface area contributed by atoms with Crippen molar-refractivity contribution in [3.8, 4) is 0 Å². The molecule has 0 aromatic rings. The standard InChI is InChI=1S/C13H27NO/c1-11(2)5-4-8-15-10-13-7-3-6-12(13)9-14/h11-13H,3-10,14H2,1-2H3.